The van der Waals surface area contributed by atoms with Crippen molar-refractivity contribution in [2.75, 3.05) is 20.1 Å². The average Bonchev–Trinajstić information content (AvgIpc) is 2.71. The van der Waals surface area contributed by atoms with Crippen LogP contribution in [-0.2, 0) is 11.2 Å². The molecule has 0 saturated carbocycles. The molecule has 0 aliphatic rings. The molecule has 0 aliphatic heterocycles. The monoisotopic (exact) mass is 238 g/mol. The first-order valence-electron chi connectivity index (χ1n) is 6.05. The quantitative estimate of drug-likeness (QED) is 0.818. The van der Waals surface area contributed by atoms with E-state index in [0.717, 1.165) is 24.4 Å². The molecule has 1 rings (SSSR count). The SMILES string of the molecule is Cc1ccc(CCN(C)C(=O)C(C)CCN)o1. The number of nitrogens with two attached hydrogens (primary N) is 1. The lowest BCUT2D eigenvalue weighted by atomic mass is 10.1. The molecule has 17 heavy (non-hydrogen) atoms. The molecule has 0 fully saturated rings. The van der Waals surface area contributed by atoms with Crippen LogP contribution in [0, 0.1) is 12.8 Å². The molecular formula is C13H22N2O2. The lowest BCUT2D eigenvalue weighted by Gasteiger charge is -2.20. The number of likely N-dealkylation sites (N-methyl/N-ethyl adjacent to an activating group) is 1. The minimum atomic E-state index is 0.00309. The van der Waals surface area contributed by atoms with E-state index in [9.17, 15) is 4.79 Å². The van der Waals surface area contributed by atoms with E-state index in [4.69, 9.17) is 10.2 Å². The number of nitrogens with zero attached hydrogens (tertiary/aromatic N) is 1. The highest BCUT2D eigenvalue weighted by Gasteiger charge is 2.16. The summed E-state index contributed by atoms with van der Waals surface area (Å²) >= 11 is 0. The van der Waals surface area contributed by atoms with Crippen LogP contribution in [-0.4, -0.2) is 30.9 Å². The molecule has 2 N–H and O–H groups in total. The van der Waals surface area contributed by atoms with Crippen molar-refractivity contribution >= 4 is 5.91 Å². The Kier molecular flexibility index (Phi) is 5.22. The van der Waals surface area contributed by atoms with E-state index in [2.05, 4.69) is 0 Å². The Morgan fingerprint density at radius 2 is 2.24 bits per heavy atom. The van der Waals surface area contributed by atoms with Gasteiger partial charge >= 0.3 is 0 Å². The number of furan rings is 1. The maximum atomic E-state index is 11.9. The molecule has 1 unspecified atom stereocenters. The van der Waals surface area contributed by atoms with Gasteiger partial charge in [-0.3, -0.25) is 4.79 Å². The largest absolute Gasteiger partial charge is 0.466 e. The van der Waals surface area contributed by atoms with Crippen LogP contribution in [0.5, 0.6) is 0 Å². The van der Waals surface area contributed by atoms with E-state index in [1.165, 1.54) is 0 Å². The minimum Gasteiger partial charge on any atom is -0.466 e. The standard InChI is InChI=1S/C13H22N2O2/c1-10(6-8-14)13(16)15(3)9-7-12-5-4-11(2)17-12/h4-5,10H,6-9,14H2,1-3H3. The van der Waals surface area contributed by atoms with Crippen LogP contribution in [0.15, 0.2) is 16.5 Å². The second-order valence-corrected chi connectivity index (χ2v) is 4.50. The van der Waals surface area contributed by atoms with Gasteiger partial charge in [0.2, 0.25) is 5.91 Å². The van der Waals surface area contributed by atoms with Gasteiger partial charge in [0.25, 0.3) is 0 Å². The van der Waals surface area contributed by atoms with Gasteiger partial charge in [-0.1, -0.05) is 6.92 Å². The van der Waals surface area contributed by atoms with Gasteiger partial charge in [0.1, 0.15) is 11.5 Å². The van der Waals surface area contributed by atoms with E-state index in [0.29, 0.717) is 13.1 Å². The third-order valence-electron chi connectivity index (χ3n) is 2.89. The lowest BCUT2D eigenvalue weighted by Crippen LogP contribution is -2.34. The van der Waals surface area contributed by atoms with E-state index in [1.807, 2.05) is 33.0 Å². The fraction of sp³-hybridized carbons (Fsp3) is 0.615. The highest BCUT2D eigenvalue weighted by Crippen LogP contribution is 2.09. The fourth-order valence-corrected chi connectivity index (χ4v) is 1.76. The third kappa shape index (κ3) is 4.23. The molecule has 0 radical (unpaired) electrons. The second-order valence-electron chi connectivity index (χ2n) is 4.50. The lowest BCUT2D eigenvalue weighted by molar-refractivity contribution is -0.133. The number of rotatable bonds is 6. The fourth-order valence-electron chi connectivity index (χ4n) is 1.76. The predicted molar refractivity (Wildman–Crippen MR) is 67.6 cm³/mol. The maximum Gasteiger partial charge on any atom is 0.225 e. The molecule has 1 amide bonds. The van der Waals surface area contributed by atoms with Crippen molar-refractivity contribution < 1.29 is 9.21 Å². The predicted octanol–water partition coefficient (Wildman–Crippen LogP) is 1.57. The Bertz CT molecular complexity index is 360. The number of hydrogen-bond acceptors (Lipinski definition) is 3. The van der Waals surface area contributed by atoms with Crippen LogP contribution in [0.3, 0.4) is 0 Å². The number of carbonyl (C=O) groups excluding carboxylic acids is 1. The van der Waals surface area contributed by atoms with Crippen LogP contribution in [0.1, 0.15) is 24.9 Å². The third-order valence-corrected chi connectivity index (χ3v) is 2.89. The van der Waals surface area contributed by atoms with Gasteiger partial charge in [-0.25, -0.2) is 0 Å². The van der Waals surface area contributed by atoms with Gasteiger partial charge in [0.05, 0.1) is 0 Å². The van der Waals surface area contributed by atoms with E-state index < -0.39 is 0 Å². The Labute approximate surface area is 103 Å². The maximum absolute atomic E-state index is 11.9. The molecular weight excluding hydrogens is 216 g/mol. The average molecular weight is 238 g/mol. The van der Waals surface area contributed by atoms with Crippen LogP contribution in [0.2, 0.25) is 0 Å². The molecule has 0 aliphatic carbocycles. The Hall–Kier alpha value is -1.29. The van der Waals surface area contributed by atoms with Crippen molar-refractivity contribution in [1.29, 1.82) is 0 Å². The number of carbonyl (C=O) groups is 1. The number of aryl methyl sites for hydroxylation is 1. The summed E-state index contributed by atoms with van der Waals surface area (Å²) in [4.78, 5) is 13.6. The highest BCUT2D eigenvalue weighted by molar-refractivity contribution is 5.78. The van der Waals surface area contributed by atoms with Crippen molar-refractivity contribution in [2.24, 2.45) is 11.7 Å². The van der Waals surface area contributed by atoms with Crippen LogP contribution >= 0.6 is 0 Å². The highest BCUT2D eigenvalue weighted by atomic mass is 16.3. The topological polar surface area (TPSA) is 59.5 Å². The molecule has 0 saturated heterocycles. The molecule has 1 aromatic heterocycles. The molecule has 4 heteroatoms. The molecule has 0 aromatic carbocycles. The van der Waals surface area contributed by atoms with Gasteiger partial charge < -0.3 is 15.1 Å². The molecule has 4 nitrogen and oxygen atoms in total. The van der Waals surface area contributed by atoms with Crippen molar-refractivity contribution in [3.8, 4) is 0 Å². The first-order valence-corrected chi connectivity index (χ1v) is 6.05. The second kappa shape index (κ2) is 6.45. The summed E-state index contributed by atoms with van der Waals surface area (Å²) in [5.41, 5.74) is 5.45. The van der Waals surface area contributed by atoms with Crippen LogP contribution in [0.25, 0.3) is 0 Å². The van der Waals surface area contributed by atoms with Crippen molar-refractivity contribution in [2.45, 2.75) is 26.7 Å². The van der Waals surface area contributed by atoms with Gasteiger partial charge in [0, 0.05) is 25.9 Å². The summed E-state index contributed by atoms with van der Waals surface area (Å²) in [6.45, 7) is 5.07. The van der Waals surface area contributed by atoms with Gasteiger partial charge in [-0.2, -0.15) is 0 Å². The summed E-state index contributed by atoms with van der Waals surface area (Å²) in [5, 5.41) is 0. The first-order chi connectivity index (χ1) is 8.04. The van der Waals surface area contributed by atoms with Crippen molar-refractivity contribution in [3.05, 3.63) is 23.7 Å². The Morgan fingerprint density at radius 3 is 2.76 bits per heavy atom. The van der Waals surface area contributed by atoms with Gasteiger partial charge in [0.15, 0.2) is 0 Å². The van der Waals surface area contributed by atoms with Crippen molar-refractivity contribution in [3.63, 3.8) is 0 Å². The number of amides is 1. The summed E-state index contributed by atoms with van der Waals surface area (Å²) < 4.78 is 5.46. The molecule has 0 spiro atoms. The van der Waals surface area contributed by atoms with E-state index in [-0.39, 0.29) is 11.8 Å². The minimum absolute atomic E-state index is 0.00309. The molecule has 1 atom stereocenters. The molecule has 1 aromatic rings. The molecule has 0 bridgehead atoms. The van der Waals surface area contributed by atoms with Crippen LogP contribution < -0.4 is 5.73 Å². The van der Waals surface area contributed by atoms with E-state index >= 15 is 0 Å². The summed E-state index contributed by atoms with van der Waals surface area (Å²) in [6, 6.07) is 3.89. The first kappa shape index (κ1) is 13.8. The van der Waals surface area contributed by atoms with Crippen LogP contribution in [0.4, 0.5) is 0 Å². The molecule has 96 valence electrons. The van der Waals surface area contributed by atoms with Gasteiger partial charge in [-0.15, -0.1) is 0 Å². The summed E-state index contributed by atoms with van der Waals surface area (Å²) in [5.74, 6) is 1.99. The zero-order valence-corrected chi connectivity index (χ0v) is 10.9. The Balaban J connectivity index is 2.38. The zero-order valence-electron chi connectivity index (χ0n) is 10.9. The number of hydrogen-bond donors (Lipinski definition) is 1. The normalized spacial score (nSPS) is 12.5. The summed E-state index contributed by atoms with van der Waals surface area (Å²) in [6.07, 6.45) is 1.49. The van der Waals surface area contributed by atoms with E-state index in [1.54, 1.807) is 4.90 Å². The zero-order chi connectivity index (χ0) is 12.8. The Morgan fingerprint density at radius 1 is 1.53 bits per heavy atom. The molecule has 1 heterocycles. The smallest absolute Gasteiger partial charge is 0.225 e. The summed E-state index contributed by atoms with van der Waals surface area (Å²) in [7, 11) is 1.82. The van der Waals surface area contributed by atoms with Gasteiger partial charge in [-0.05, 0) is 32.0 Å². The van der Waals surface area contributed by atoms with Crippen molar-refractivity contribution in [1.82, 2.24) is 4.90 Å².